The lowest BCUT2D eigenvalue weighted by atomic mass is 10.1. The third-order valence-corrected chi connectivity index (χ3v) is 3.15. The zero-order valence-electron chi connectivity index (χ0n) is 10.4. The summed E-state index contributed by atoms with van der Waals surface area (Å²) in [7, 11) is -3.28. The van der Waals surface area contributed by atoms with E-state index in [0.717, 1.165) is 6.26 Å². The normalized spacial score (nSPS) is 13.2. The van der Waals surface area contributed by atoms with Crippen molar-refractivity contribution in [2.24, 2.45) is 0 Å². The van der Waals surface area contributed by atoms with Crippen LogP contribution in [0.15, 0.2) is 43.0 Å². The van der Waals surface area contributed by atoms with Crippen molar-refractivity contribution in [3.8, 4) is 0 Å². The average molecular weight is 281 g/mol. The van der Waals surface area contributed by atoms with E-state index in [2.05, 4.69) is 9.71 Å². The number of benzene rings is 1. The fourth-order valence-electron chi connectivity index (χ4n) is 1.69. The van der Waals surface area contributed by atoms with Crippen LogP contribution in [0.4, 0.5) is 5.69 Å². The lowest BCUT2D eigenvalue weighted by molar-refractivity contribution is 0.156. The molecule has 1 atom stereocenters. The number of aromatic nitrogens is 2. The van der Waals surface area contributed by atoms with Gasteiger partial charge in [-0.05, 0) is 17.7 Å². The van der Waals surface area contributed by atoms with Gasteiger partial charge in [0, 0.05) is 18.1 Å². The first-order valence-corrected chi connectivity index (χ1v) is 7.55. The largest absolute Gasteiger partial charge is 0.387 e. The van der Waals surface area contributed by atoms with Crippen molar-refractivity contribution < 1.29 is 13.5 Å². The Morgan fingerprint density at radius 3 is 2.58 bits per heavy atom. The topological polar surface area (TPSA) is 84.2 Å². The van der Waals surface area contributed by atoms with Crippen LogP contribution in [0.5, 0.6) is 0 Å². The lowest BCUT2D eigenvalue weighted by Crippen LogP contribution is -2.10. The monoisotopic (exact) mass is 281 g/mol. The summed E-state index contributed by atoms with van der Waals surface area (Å²) in [5.41, 5.74) is 1.19. The maximum absolute atomic E-state index is 11.1. The molecule has 0 aliphatic carbocycles. The standard InChI is InChI=1S/C12H15N3O3S/c1-19(17,18)14-11-4-2-10(3-5-11)12(16)8-15-7-6-13-9-15/h2-7,9,12,14,16H,8H2,1H3. The highest BCUT2D eigenvalue weighted by Gasteiger charge is 2.09. The van der Waals surface area contributed by atoms with E-state index in [0.29, 0.717) is 17.8 Å². The number of aliphatic hydroxyl groups excluding tert-OH is 1. The van der Waals surface area contributed by atoms with Gasteiger partial charge in [-0.3, -0.25) is 4.72 Å². The highest BCUT2D eigenvalue weighted by molar-refractivity contribution is 7.92. The molecule has 1 heterocycles. The molecule has 0 saturated carbocycles. The molecule has 19 heavy (non-hydrogen) atoms. The number of sulfonamides is 1. The van der Waals surface area contributed by atoms with Gasteiger partial charge in [-0.2, -0.15) is 0 Å². The van der Waals surface area contributed by atoms with Gasteiger partial charge in [-0.25, -0.2) is 13.4 Å². The molecule has 0 amide bonds. The summed E-state index contributed by atoms with van der Waals surface area (Å²) in [6, 6.07) is 6.62. The van der Waals surface area contributed by atoms with E-state index in [4.69, 9.17) is 0 Å². The Morgan fingerprint density at radius 2 is 2.05 bits per heavy atom. The SMILES string of the molecule is CS(=O)(=O)Nc1ccc(C(O)Cn2ccnc2)cc1. The molecule has 6 nitrogen and oxygen atoms in total. The molecule has 2 N–H and O–H groups in total. The first kappa shape index (κ1) is 13.6. The Labute approximate surface area is 111 Å². The van der Waals surface area contributed by atoms with E-state index in [1.54, 1.807) is 47.6 Å². The molecule has 102 valence electrons. The van der Waals surface area contributed by atoms with Gasteiger partial charge in [-0.15, -0.1) is 0 Å². The van der Waals surface area contributed by atoms with Crippen molar-refractivity contribution in [2.75, 3.05) is 11.0 Å². The number of nitrogens with zero attached hydrogens (tertiary/aromatic N) is 2. The number of nitrogens with one attached hydrogen (secondary N) is 1. The summed E-state index contributed by atoms with van der Waals surface area (Å²) in [5.74, 6) is 0. The number of aliphatic hydroxyl groups is 1. The number of anilines is 1. The summed E-state index contributed by atoms with van der Waals surface area (Å²) in [4.78, 5) is 3.90. The molecule has 0 aliphatic rings. The fourth-order valence-corrected chi connectivity index (χ4v) is 2.25. The minimum atomic E-state index is -3.28. The van der Waals surface area contributed by atoms with E-state index in [1.807, 2.05) is 0 Å². The van der Waals surface area contributed by atoms with Crippen LogP contribution in [0.25, 0.3) is 0 Å². The number of imidazole rings is 1. The molecule has 1 aromatic carbocycles. The smallest absolute Gasteiger partial charge is 0.229 e. The van der Waals surface area contributed by atoms with Crippen molar-refractivity contribution >= 4 is 15.7 Å². The maximum atomic E-state index is 11.1. The van der Waals surface area contributed by atoms with Crippen molar-refractivity contribution in [3.63, 3.8) is 0 Å². The second-order valence-corrected chi connectivity index (χ2v) is 6.02. The molecule has 0 aliphatic heterocycles. The second kappa shape index (κ2) is 5.41. The van der Waals surface area contributed by atoms with Crippen LogP contribution in [0, 0.1) is 0 Å². The molecule has 1 unspecified atom stereocenters. The van der Waals surface area contributed by atoms with E-state index in [-0.39, 0.29) is 0 Å². The molecule has 2 aromatic rings. The van der Waals surface area contributed by atoms with Crippen molar-refractivity contribution in [1.29, 1.82) is 0 Å². The summed E-state index contributed by atoms with van der Waals surface area (Å²) in [6.45, 7) is 0.402. The van der Waals surface area contributed by atoms with E-state index >= 15 is 0 Å². The third kappa shape index (κ3) is 4.08. The molecule has 0 saturated heterocycles. The molecule has 0 spiro atoms. The van der Waals surface area contributed by atoms with Crippen LogP contribution in [0.3, 0.4) is 0 Å². The molecule has 2 rings (SSSR count). The molecular weight excluding hydrogens is 266 g/mol. The van der Waals surface area contributed by atoms with Gasteiger partial charge in [-0.1, -0.05) is 12.1 Å². The molecule has 0 bridgehead atoms. The van der Waals surface area contributed by atoms with Gasteiger partial charge >= 0.3 is 0 Å². The Bertz CT molecular complexity index is 621. The molecular formula is C12H15N3O3S. The van der Waals surface area contributed by atoms with Crippen LogP contribution in [-0.2, 0) is 16.6 Å². The first-order chi connectivity index (χ1) is 8.94. The van der Waals surface area contributed by atoms with E-state index in [9.17, 15) is 13.5 Å². The van der Waals surface area contributed by atoms with Gasteiger partial charge in [0.15, 0.2) is 0 Å². The Hall–Kier alpha value is -1.86. The van der Waals surface area contributed by atoms with Gasteiger partial charge in [0.2, 0.25) is 10.0 Å². The molecule has 1 aromatic heterocycles. The van der Waals surface area contributed by atoms with Crippen LogP contribution in [0.2, 0.25) is 0 Å². The number of hydrogen-bond donors (Lipinski definition) is 2. The van der Waals surface area contributed by atoms with Gasteiger partial charge in [0.1, 0.15) is 0 Å². The highest BCUT2D eigenvalue weighted by Crippen LogP contribution is 2.18. The maximum Gasteiger partial charge on any atom is 0.229 e. The minimum Gasteiger partial charge on any atom is -0.387 e. The summed E-state index contributed by atoms with van der Waals surface area (Å²) in [5, 5.41) is 10.0. The van der Waals surface area contributed by atoms with Crippen LogP contribution in [-0.4, -0.2) is 29.3 Å². The first-order valence-electron chi connectivity index (χ1n) is 5.65. The number of hydrogen-bond acceptors (Lipinski definition) is 4. The number of rotatable bonds is 5. The molecule has 7 heteroatoms. The van der Waals surface area contributed by atoms with E-state index < -0.39 is 16.1 Å². The highest BCUT2D eigenvalue weighted by atomic mass is 32.2. The Balaban J connectivity index is 2.05. The van der Waals surface area contributed by atoms with Gasteiger partial charge in [0.25, 0.3) is 0 Å². The van der Waals surface area contributed by atoms with Gasteiger partial charge in [0.05, 0.1) is 25.2 Å². The quantitative estimate of drug-likeness (QED) is 0.856. The van der Waals surface area contributed by atoms with Crippen molar-refractivity contribution in [3.05, 3.63) is 48.5 Å². The molecule has 0 fully saturated rings. The molecule has 0 radical (unpaired) electrons. The fraction of sp³-hybridized carbons (Fsp3) is 0.250. The summed E-state index contributed by atoms with van der Waals surface area (Å²) < 4.78 is 26.3. The summed E-state index contributed by atoms with van der Waals surface area (Å²) >= 11 is 0. The predicted octanol–water partition coefficient (Wildman–Crippen LogP) is 0.988. The minimum absolute atomic E-state index is 0.402. The summed E-state index contributed by atoms with van der Waals surface area (Å²) in [6.07, 6.45) is 5.47. The van der Waals surface area contributed by atoms with Crippen LogP contribution < -0.4 is 4.72 Å². The lowest BCUT2D eigenvalue weighted by Gasteiger charge is -2.12. The zero-order valence-corrected chi connectivity index (χ0v) is 11.2. The Kier molecular flexibility index (Phi) is 3.87. The van der Waals surface area contributed by atoms with Crippen molar-refractivity contribution in [2.45, 2.75) is 12.6 Å². The average Bonchev–Trinajstić information content (AvgIpc) is 2.80. The van der Waals surface area contributed by atoms with Crippen LogP contribution >= 0.6 is 0 Å². The van der Waals surface area contributed by atoms with E-state index in [1.165, 1.54) is 0 Å². The van der Waals surface area contributed by atoms with Crippen molar-refractivity contribution in [1.82, 2.24) is 9.55 Å². The zero-order chi connectivity index (χ0) is 13.9. The van der Waals surface area contributed by atoms with Gasteiger partial charge < -0.3 is 9.67 Å². The van der Waals surface area contributed by atoms with Crippen LogP contribution in [0.1, 0.15) is 11.7 Å². The predicted molar refractivity (Wildman–Crippen MR) is 72.1 cm³/mol. The second-order valence-electron chi connectivity index (χ2n) is 4.27. The Morgan fingerprint density at radius 1 is 1.37 bits per heavy atom. The third-order valence-electron chi connectivity index (χ3n) is 2.54.